The first-order chi connectivity index (χ1) is 12.7. The van der Waals surface area contributed by atoms with E-state index < -0.39 is 0 Å². The van der Waals surface area contributed by atoms with Gasteiger partial charge >= 0.3 is 0 Å². The molecule has 0 aliphatic carbocycles. The summed E-state index contributed by atoms with van der Waals surface area (Å²) in [7, 11) is 0. The Balaban J connectivity index is 1.55. The molecular formula is C21H16N2O2S. The molecule has 3 aromatic carbocycles. The molecule has 1 amide bonds. The summed E-state index contributed by atoms with van der Waals surface area (Å²) in [4.78, 5) is 17.9. The third-order valence-electron chi connectivity index (χ3n) is 4.04. The number of fused-ring (bicyclic) bond motifs is 1. The largest absolute Gasteiger partial charge is 0.436 e. The van der Waals surface area contributed by atoms with Crippen molar-refractivity contribution in [3.8, 4) is 11.5 Å². The fraction of sp³-hybridized carbons (Fsp3) is 0.0476. The molecule has 0 saturated heterocycles. The molecule has 1 aromatic heterocycles. The Labute approximate surface area is 155 Å². The maximum absolute atomic E-state index is 12.5. The van der Waals surface area contributed by atoms with Crippen LogP contribution < -0.4 is 5.32 Å². The minimum atomic E-state index is -0.121. The van der Waals surface area contributed by atoms with E-state index in [0.29, 0.717) is 11.5 Å². The summed E-state index contributed by atoms with van der Waals surface area (Å²) >= 11 is 1.55. The molecule has 1 heterocycles. The number of oxazole rings is 1. The summed E-state index contributed by atoms with van der Waals surface area (Å²) in [6.07, 6.45) is 1.96. The highest BCUT2D eigenvalue weighted by molar-refractivity contribution is 7.98. The van der Waals surface area contributed by atoms with Gasteiger partial charge in [0.05, 0.1) is 5.56 Å². The van der Waals surface area contributed by atoms with Crippen molar-refractivity contribution in [2.24, 2.45) is 0 Å². The highest BCUT2D eigenvalue weighted by Gasteiger charge is 2.11. The SMILES string of the molecule is CSc1ccccc1C(=O)Nc1ccc(-c2nc3ccccc3o2)cc1. The molecule has 0 unspecified atom stereocenters. The van der Waals surface area contributed by atoms with Gasteiger partial charge in [-0.15, -0.1) is 11.8 Å². The number of carbonyl (C=O) groups excluding carboxylic acids is 1. The molecule has 4 aromatic rings. The molecule has 0 bridgehead atoms. The van der Waals surface area contributed by atoms with E-state index in [-0.39, 0.29) is 5.91 Å². The Morgan fingerprint density at radius 2 is 1.69 bits per heavy atom. The second kappa shape index (κ2) is 7.06. The smallest absolute Gasteiger partial charge is 0.256 e. The molecule has 4 nitrogen and oxygen atoms in total. The molecular weight excluding hydrogens is 344 g/mol. The lowest BCUT2D eigenvalue weighted by atomic mass is 10.2. The molecule has 26 heavy (non-hydrogen) atoms. The normalized spacial score (nSPS) is 10.8. The van der Waals surface area contributed by atoms with E-state index in [9.17, 15) is 4.79 Å². The van der Waals surface area contributed by atoms with Crippen molar-refractivity contribution in [2.45, 2.75) is 4.90 Å². The summed E-state index contributed by atoms with van der Waals surface area (Å²) in [5, 5.41) is 2.93. The molecule has 0 spiro atoms. The van der Waals surface area contributed by atoms with E-state index in [1.165, 1.54) is 0 Å². The van der Waals surface area contributed by atoms with Gasteiger partial charge in [0.15, 0.2) is 5.58 Å². The molecule has 0 fully saturated rings. The standard InChI is InChI=1S/C21H16N2O2S/c1-26-19-9-5-2-6-16(19)20(24)22-15-12-10-14(11-13-15)21-23-17-7-3-4-8-18(17)25-21/h2-13H,1H3,(H,22,24). The molecule has 0 aliphatic rings. The van der Waals surface area contributed by atoms with E-state index in [1.807, 2.05) is 79.1 Å². The Bertz CT molecular complexity index is 1040. The maximum Gasteiger partial charge on any atom is 0.256 e. The van der Waals surface area contributed by atoms with Gasteiger partial charge in [0.25, 0.3) is 5.91 Å². The average molecular weight is 360 g/mol. The van der Waals surface area contributed by atoms with Crippen LogP contribution in [0.3, 0.4) is 0 Å². The van der Waals surface area contributed by atoms with E-state index in [2.05, 4.69) is 10.3 Å². The fourth-order valence-corrected chi connectivity index (χ4v) is 3.32. The third-order valence-corrected chi connectivity index (χ3v) is 4.83. The van der Waals surface area contributed by atoms with Gasteiger partial charge in [0.1, 0.15) is 5.52 Å². The van der Waals surface area contributed by atoms with Crippen LogP contribution in [0.4, 0.5) is 5.69 Å². The topological polar surface area (TPSA) is 55.1 Å². The number of benzene rings is 3. The lowest BCUT2D eigenvalue weighted by Gasteiger charge is -2.08. The summed E-state index contributed by atoms with van der Waals surface area (Å²) in [5.41, 5.74) is 3.85. The quantitative estimate of drug-likeness (QED) is 0.490. The van der Waals surface area contributed by atoms with Crippen molar-refractivity contribution >= 4 is 34.5 Å². The van der Waals surface area contributed by atoms with Crippen LogP contribution in [-0.2, 0) is 0 Å². The van der Waals surface area contributed by atoms with Crippen LogP contribution in [0.5, 0.6) is 0 Å². The van der Waals surface area contributed by atoms with Crippen LogP contribution in [0.15, 0.2) is 82.1 Å². The van der Waals surface area contributed by atoms with Crippen molar-refractivity contribution in [3.05, 3.63) is 78.4 Å². The molecule has 0 saturated carbocycles. The van der Waals surface area contributed by atoms with E-state index >= 15 is 0 Å². The number of hydrogen-bond acceptors (Lipinski definition) is 4. The summed E-state index contributed by atoms with van der Waals surface area (Å²) in [6.45, 7) is 0. The molecule has 0 radical (unpaired) electrons. The molecule has 0 atom stereocenters. The molecule has 1 N–H and O–H groups in total. The van der Waals surface area contributed by atoms with Crippen molar-refractivity contribution in [1.29, 1.82) is 0 Å². The van der Waals surface area contributed by atoms with Crippen LogP contribution in [-0.4, -0.2) is 17.1 Å². The number of rotatable bonds is 4. The van der Waals surface area contributed by atoms with Crippen LogP contribution >= 0.6 is 11.8 Å². The Kier molecular flexibility index (Phi) is 4.46. The van der Waals surface area contributed by atoms with E-state index in [0.717, 1.165) is 27.2 Å². The zero-order valence-electron chi connectivity index (χ0n) is 14.1. The number of carbonyl (C=O) groups is 1. The van der Waals surface area contributed by atoms with Crippen LogP contribution in [0.1, 0.15) is 10.4 Å². The number of anilines is 1. The summed E-state index contributed by atoms with van der Waals surface area (Å²) in [6, 6.07) is 22.7. The van der Waals surface area contributed by atoms with Gasteiger partial charge in [-0.25, -0.2) is 4.98 Å². The Hall–Kier alpha value is -3.05. The lowest BCUT2D eigenvalue weighted by molar-refractivity contribution is 0.102. The van der Waals surface area contributed by atoms with Gasteiger partial charge in [0.2, 0.25) is 5.89 Å². The zero-order valence-corrected chi connectivity index (χ0v) is 14.9. The van der Waals surface area contributed by atoms with Crippen LogP contribution in [0.2, 0.25) is 0 Å². The van der Waals surface area contributed by atoms with Crippen LogP contribution in [0, 0.1) is 0 Å². The van der Waals surface area contributed by atoms with Crippen molar-refractivity contribution in [3.63, 3.8) is 0 Å². The Morgan fingerprint density at radius 1 is 0.962 bits per heavy atom. The van der Waals surface area contributed by atoms with Crippen molar-refractivity contribution < 1.29 is 9.21 Å². The molecule has 128 valence electrons. The van der Waals surface area contributed by atoms with Crippen molar-refractivity contribution in [1.82, 2.24) is 4.98 Å². The van der Waals surface area contributed by atoms with Gasteiger partial charge in [-0.05, 0) is 54.8 Å². The first kappa shape index (κ1) is 16.4. The number of nitrogens with one attached hydrogen (secondary N) is 1. The Morgan fingerprint density at radius 3 is 2.46 bits per heavy atom. The minimum Gasteiger partial charge on any atom is -0.436 e. The highest BCUT2D eigenvalue weighted by atomic mass is 32.2. The molecule has 5 heteroatoms. The lowest BCUT2D eigenvalue weighted by Crippen LogP contribution is -2.12. The predicted octanol–water partition coefficient (Wildman–Crippen LogP) is 5.47. The monoisotopic (exact) mass is 360 g/mol. The van der Waals surface area contributed by atoms with Crippen LogP contribution in [0.25, 0.3) is 22.6 Å². The zero-order chi connectivity index (χ0) is 17.9. The predicted molar refractivity (Wildman–Crippen MR) is 106 cm³/mol. The van der Waals surface area contributed by atoms with E-state index in [1.54, 1.807) is 11.8 Å². The van der Waals surface area contributed by atoms with E-state index in [4.69, 9.17) is 4.42 Å². The van der Waals surface area contributed by atoms with Gasteiger partial charge < -0.3 is 9.73 Å². The van der Waals surface area contributed by atoms with Crippen molar-refractivity contribution in [2.75, 3.05) is 11.6 Å². The van der Waals surface area contributed by atoms with Gasteiger partial charge in [-0.2, -0.15) is 0 Å². The fourth-order valence-electron chi connectivity index (χ4n) is 2.72. The second-order valence-corrected chi connectivity index (χ2v) is 6.57. The number of para-hydroxylation sites is 2. The first-order valence-corrected chi connectivity index (χ1v) is 9.37. The maximum atomic E-state index is 12.5. The van der Waals surface area contributed by atoms with Gasteiger partial charge in [-0.3, -0.25) is 4.79 Å². The average Bonchev–Trinajstić information content (AvgIpc) is 3.12. The second-order valence-electron chi connectivity index (χ2n) is 5.72. The summed E-state index contributed by atoms with van der Waals surface area (Å²) in [5.74, 6) is 0.446. The minimum absolute atomic E-state index is 0.121. The number of nitrogens with zero attached hydrogens (tertiary/aromatic N) is 1. The van der Waals surface area contributed by atoms with Gasteiger partial charge in [-0.1, -0.05) is 24.3 Å². The molecule has 4 rings (SSSR count). The number of aromatic nitrogens is 1. The summed E-state index contributed by atoms with van der Waals surface area (Å²) < 4.78 is 5.77. The van der Waals surface area contributed by atoms with Gasteiger partial charge in [0, 0.05) is 16.1 Å². The number of hydrogen-bond donors (Lipinski definition) is 1. The first-order valence-electron chi connectivity index (χ1n) is 8.15. The number of thioether (sulfide) groups is 1. The number of amides is 1. The highest BCUT2D eigenvalue weighted by Crippen LogP contribution is 2.26. The third kappa shape index (κ3) is 3.21. The molecule has 0 aliphatic heterocycles.